The van der Waals surface area contributed by atoms with E-state index >= 15 is 0 Å². The summed E-state index contributed by atoms with van der Waals surface area (Å²) in [5.74, 6) is -3.39. The Morgan fingerprint density at radius 2 is 0.931 bits per heavy atom. The van der Waals surface area contributed by atoms with Gasteiger partial charge in [-0.25, -0.2) is 0 Å². The van der Waals surface area contributed by atoms with Crippen LogP contribution < -0.4 is 0 Å². The Hall–Kier alpha value is 0.200. The number of carboxylic acids is 2. The van der Waals surface area contributed by atoms with Crippen molar-refractivity contribution in [1.82, 2.24) is 0 Å². The fourth-order valence-corrected chi connectivity index (χ4v) is 3.98. The quantitative estimate of drug-likeness (QED) is 0.112. The van der Waals surface area contributed by atoms with Crippen molar-refractivity contribution in [1.29, 1.82) is 0 Å². The number of hydrogen-bond donors (Lipinski definition) is 2. The largest absolute Gasteiger partial charge is 2.00 e. The van der Waals surface area contributed by atoms with Crippen molar-refractivity contribution in [2.24, 2.45) is 11.8 Å². The molecule has 170 valence electrons. The van der Waals surface area contributed by atoms with Crippen molar-refractivity contribution < 1.29 is 22.7 Å². The van der Waals surface area contributed by atoms with E-state index in [9.17, 15) is 19.8 Å². The minimum atomic E-state index is -1.25. The van der Waals surface area contributed by atoms with Crippen molar-refractivity contribution in [2.75, 3.05) is 0 Å². The second-order valence-electron chi connectivity index (χ2n) is 8.50. The Morgan fingerprint density at radius 1 is 0.621 bits per heavy atom. The molecule has 0 aromatic carbocycles. The number of rotatable bonds is 21. The van der Waals surface area contributed by atoms with Crippen LogP contribution in [0.4, 0.5) is 0 Å². The molecule has 0 aromatic rings. The summed E-state index contributed by atoms with van der Waals surface area (Å²) < 4.78 is 0. The van der Waals surface area contributed by atoms with E-state index in [0.717, 1.165) is 25.7 Å². The Morgan fingerprint density at radius 3 is 1.24 bits per heavy atom. The number of hydrogen-bond acceptors (Lipinski definition) is 2. The van der Waals surface area contributed by atoms with Crippen molar-refractivity contribution in [3.63, 3.8) is 0 Å². The number of unbranched alkanes of at least 4 members (excludes halogenated alkanes) is 13. The van der Waals surface area contributed by atoms with Crippen molar-refractivity contribution in [3.8, 4) is 0 Å². The number of aliphatic carboxylic acids is 2. The summed E-state index contributed by atoms with van der Waals surface area (Å²) in [4.78, 5) is 22.5. The third-order valence-electron chi connectivity index (χ3n) is 5.85. The molecule has 0 saturated heterocycles. The van der Waals surface area contributed by atoms with Crippen LogP contribution in [-0.4, -0.2) is 59.9 Å². The van der Waals surface area contributed by atoms with Crippen LogP contribution in [0.2, 0.25) is 0 Å². The summed E-state index contributed by atoms with van der Waals surface area (Å²) in [6.07, 6.45) is 21.1. The predicted molar refractivity (Wildman–Crippen MR) is 125 cm³/mol. The van der Waals surface area contributed by atoms with E-state index in [1.54, 1.807) is 0 Å². The van der Waals surface area contributed by atoms with E-state index in [2.05, 4.69) is 13.8 Å². The molecule has 4 nitrogen and oxygen atoms in total. The molecule has 0 aliphatic carbocycles. The Bertz CT molecular complexity index is 384. The predicted octanol–water partition coefficient (Wildman–Crippen LogP) is 7.29. The molecule has 0 fully saturated rings. The molecule has 0 aromatic heterocycles. The van der Waals surface area contributed by atoms with Crippen molar-refractivity contribution in [3.05, 3.63) is 0 Å². The van der Waals surface area contributed by atoms with Gasteiger partial charge in [-0.2, -0.15) is 0 Å². The maximum absolute atomic E-state index is 11.3. The maximum Gasteiger partial charge on any atom is 2.00 e. The molecule has 0 aliphatic heterocycles. The van der Waals surface area contributed by atoms with Crippen LogP contribution in [0.1, 0.15) is 132 Å². The minimum Gasteiger partial charge on any atom is -1.00 e. The first-order valence-electron chi connectivity index (χ1n) is 12.0. The molecule has 29 heavy (non-hydrogen) atoms. The minimum absolute atomic E-state index is 0. The van der Waals surface area contributed by atoms with Crippen LogP contribution in [0.5, 0.6) is 0 Å². The van der Waals surface area contributed by atoms with Crippen LogP contribution >= 0.6 is 0 Å². The molecule has 1 atom stereocenters. The van der Waals surface area contributed by atoms with Gasteiger partial charge in [0.1, 0.15) is 0 Å². The molecule has 0 amide bonds. The molecular weight excluding hydrogens is 392 g/mol. The molecule has 0 heterocycles. The summed E-state index contributed by atoms with van der Waals surface area (Å²) in [5, 5.41) is 18.4. The summed E-state index contributed by atoms with van der Waals surface area (Å²) in [6, 6.07) is 0. The number of carboxylic acid groups (broad SMARTS) is 2. The first kappa shape index (κ1) is 31.4. The van der Waals surface area contributed by atoms with Crippen molar-refractivity contribution >= 4 is 49.7 Å². The standard InChI is InChI=1S/C24H46O4.Ca.2H/c1-3-5-7-9-10-11-12-13-15-17-19-21(18-16-14-8-6-4-2)20-22(23(25)26)24(27)28;;;/h21-22H,3-20H2,1-2H3,(H,25,26)(H,27,28);;;/q;+2;2*-1. The summed E-state index contributed by atoms with van der Waals surface area (Å²) in [7, 11) is 0. The van der Waals surface area contributed by atoms with Gasteiger partial charge in [0.25, 0.3) is 0 Å². The van der Waals surface area contributed by atoms with Gasteiger partial charge in [0.15, 0.2) is 5.92 Å². The van der Waals surface area contributed by atoms with Crippen LogP contribution in [0.3, 0.4) is 0 Å². The van der Waals surface area contributed by atoms with Crippen LogP contribution in [0, 0.1) is 11.8 Å². The SMILES string of the molecule is CCCCCCCCCCCCC(CCCCCCC)CC(C(=O)O)C(=O)O.[Ca+2].[H-].[H-]. The zero-order valence-corrected chi connectivity index (χ0v) is 21.5. The van der Waals surface area contributed by atoms with Gasteiger partial charge in [0.2, 0.25) is 0 Å². The smallest absolute Gasteiger partial charge is 1.00 e. The van der Waals surface area contributed by atoms with E-state index in [1.807, 2.05) is 0 Å². The Balaban J connectivity index is -0.00000121. The van der Waals surface area contributed by atoms with Crippen LogP contribution in [0.15, 0.2) is 0 Å². The zero-order valence-electron chi connectivity index (χ0n) is 21.3. The van der Waals surface area contributed by atoms with E-state index < -0.39 is 17.9 Å². The molecule has 0 radical (unpaired) electrons. The Kier molecular flexibility index (Phi) is 24.8. The normalized spacial score (nSPS) is 12.0. The monoisotopic (exact) mass is 440 g/mol. The molecule has 0 bridgehead atoms. The van der Waals surface area contributed by atoms with Crippen LogP contribution in [-0.2, 0) is 9.59 Å². The topological polar surface area (TPSA) is 74.6 Å². The average Bonchev–Trinajstić information content (AvgIpc) is 2.65. The molecule has 0 rings (SSSR count). The summed E-state index contributed by atoms with van der Waals surface area (Å²) in [5.41, 5.74) is 0. The first-order valence-corrected chi connectivity index (χ1v) is 12.0. The van der Waals surface area contributed by atoms with Gasteiger partial charge in [-0.15, -0.1) is 0 Å². The molecule has 0 saturated carbocycles. The third kappa shape index (κ3) is 19.9. The van der Waals surface area contributed by atoms with Gasteiger partial charge in [-0.3, -0.25) is 9.59 Å². The van der Waals surface area contributed by atoms with Crippen molar-refractivity contribution in [2.45, 2.75) is 129 Å². The van der Waals surface area contributed by atoms with Gasteiger partial charge in [0, 0.05) is 0 Å². The summed E-state index contributed by atoms with van der Waals surface area (Å²) >= 11 is 0. The molecule has 5 heteroatoms. The Labute approximate surface area is 212 Å². The van der Waals surface area contributed by atoms with Gasteiger partial charge < -0.3 is 13.1 Å². The third-order valence-corrected chi connectivity index (χ3v) is 5.85. The van der Waals surface area contributed by atoms with Gasteiger partial charge >= 0.3 is 49.7 Å². The zero-order chi connectivity index (χ0) is 21.0. The van der Waals surface area contributed by atoms with E-state index in [0.29, 0.717) is 0 Å². The average molecular weight is 441 g/mol. The molecule has 1 unspecified atom stereocenters. The maximum atomic E-state index is 11.3. The second kappa shape index (κ2) is 22.9. The first-order chi connectivity index (χ1) is 13.5. The fraction of sp³-hybridized carbons (Fsp3) is 0.917. The number of carbonyl (C=O) groups is 2. The van der Waals surface area contributed by atoms with E-state index in [1.165, 1.54) is 83.5 Å². The summed E-state index contributed by atoms with van der Waals surface area (Å²) in [6.45, 7) is 4.44. The van der Waals surface area contributed by atoms with E-state index in [-0.39, 0.29) is 52.9 Å². The van der Waals surface area contributed by atoms with Gasteiger partial charge in [-0.1, -0.05) is 123 Å². The molecule has 2 N–H and O–H groups in total. The molecular formula is C24H48CaO4. The van der Waals surface area contributed by atoms with E-state index in [4.69, 9.17) is 0 Å². The van der Waals surface area contributed by atoms with Crippen LogP contribution in [0.25, 0.3) is 0 Å². The fourth-order valence-electron chi connectivity index (χ4n) is 3.98. The molecule has 0 aliphatic rings. The van der Waals surface area contributed by atoms with Gasteiger partial charge in [-0.05, 0) is 12.3 Å². The van der Waals surface area contributed by atoms with Gasteiger partial charge in [0.05, 0.1) is 0 Å². The molecule has 0 spiro atoms. The second-order valence-corrected chi connectivity index (χ2v) is 8.50.